The number of methoxy groups -OCH3 is 1. The predicted octanol–water partition coefficient (Wildman–Crippen LogP) is 1.62. The highest BCUT2D eigenvalue weighted by Crippen LogP contribution is 2.30. The van der Waals surface area contributed by atoms with Gasteiger partial charge in [0.05, 0.1) is 13.5 Å². The second kappa shape index (κ2) is 5.73. The molecule has 0 aliphatic carbocycles. The quantitative estimate of drug-likeness (QED) is 0.842. The number of benzene rings is 1. The van der Waals surface area contributed by atoms with Crippen LogP contribution in [0.15, 0.2) is 18.2 Å². The number of ether oxygens (including phenoxy) is 1. The normalized spacial score (nSPS) is 13.8. The summed E-state index contributed by atoms with van der Waals surface area (Å²) < 4.78 is 4.53. The molecule has 0 fully saturated rings. The molecule has 0 atom stereocenters. The summed E-state index contributed by atoms with van der Waals surface area (Å²) in [5.41, 5.74) is 1.80. The van der Waals surface area contributed by atoms with Gasteiger partial charge in [0.1, 0.15) is 5.75 Å². The molecule has 5 heteroatoms. The first kappa shape index (κ1) is 13.4. The summed E-state index contributed by atoms with van der Waals surface area (Å²) in [6, 6.07) is 5.01. The summed E-state index contributed by atoms with van der Waals surface area (Å²) in [5, 5.41) is 9.46. The number of esters is 1. The summed E-state index contributed by atoms with van der Waals surface area (Å²) in [4.78, 5) is 24.9. The number of amides is 1. The van der Waals surface area contributed by atoms with Gasteiger partial charge in [-0.05, 0) is 36.6 Å². The number of nitrogens with zero attached hydrogens (tertiary/aromatic N) is 1. The molecular weight excluding hydrogens is 246 g/mol. The van der Waals surface area contributed by atoms with Crippen LogP contribution in [0.3, 0.4) is 0 Å². The van der Waals surface area contributed by atoms with E-state index in [1.54, 1.807) is 23.1 Å². The maximum absolute atomic E-state index is 12.1. The first-order valence-electron chi connectivity index (χ1n) is 6.31. The third kappa shape index (κ3) is 3.05. The number of carbonyl (C=O) groups is 2. The Morgan fingerprint density at radius 3 is 2.89 bits per heavy atom. The largest absolute Gasteiger partial charge is 0.508 e. The molecule has 0 bridgehead atoms. The fraction of sp³-hybridized carbons (Fsp3) is 0.429. The van der Waals surface area contributed by atoms with Crippen LogP contribution in [0.5, 0.6) is 5.75 Å². The van der Waals surface area contributed by atoms with Crippen molar-refractivity contribution in [2.45, 2.75) is 25.7 Å². The first-order chi connectivity index (χ1) is 9.11. The zero-order chi connectivity index (χ0) is 13.8. The van der Waals surface area contributed by atoms with Gasteiger partial charge in [0.15, 0.2) is 0 Å². The van der Waals surface area contributed by atoms with E-state index in [1.807, 2.05) is 0 Å². The van der Waals surface area contributed by atoms with Crippen molar-refractivity contribution >= 4 is 17.6 Å². The molecule has 0 unspecified atom stereocenters. The van der Waals surface area contributed by atoms with Gasteiger partial charge in [0.2, 0.25) is 5.91 Å². The number of phenols is 1. The van der Waals surface area contributed by atoms with Crippen molar-refractivity contribution in [2.24, 2.45) is 0 Å². The number of aromatic hydroxyl groups is 1. The number of hydrogen-bond donors (Lipinski definition) is 1. The molecule has 1 aliphatic rings. The Balaban J connectivity index is 2.10. The van der Waals surface area contributed by atoms with E-state index < -0.39 is 0 Å². The van der Waals surface area contributed by atoms with Gasteiger partial charge < -0.3 is 14.7 Å². The van der Waals surface area contributed by atoms with Crippen LogP contribution < -0.4 is 4.90 Å². The van der Waals surface area contributed by atoms with E-state index in [1.165, 1.54) is 7.11 Å². The van der Waals surface area contributed by atoms with Gasteiger partial charge in [0.25, 0.3) is 0 Å². The highest BCUT2D eigenvalue weighted by Gasteiger charge is 2.23. The van der Waals surface area contributed by atoms with Crippen LogP contribution in [0, 0.1) is 0 Å². The van der Waals surface area contributed by atoms with Gasteiger partial charge in [-0.25, -0.2) is 0 Å². The average molecular weight is 263 g/mol. The molecule has 0 spiro atoms. The summed E-state index contributed by atoms with van der Waals surface area (Å²) in [7, 11) is 1.31. The van der Waals surface area contributed by atoms with E-state index in [0.717, 1.165) is 24.1 Å². The summed E-state index contributed by atoms with van der Waals surface area (Å²) in [5.74, 6) is -0.254. The summed E-state index contributed by atoms with van der Waals surface area (Å²) in [6.45, 7) is 0.651. The summed E-state index contributed by atoms with van der Waals surface area (Å²) in [6.07, 6.45) is 1.96. The number of anilines is 1. The standard InChI is InChI=1S/C14H17NO4/c1-19-14(18)7-6-13(17)15-8-2-3-10-9-11(16)4-5-12(10)15/h4-5,9,16H,2-3,6-8H2,1H3. The number of aryl methyl sites for hydroxylation is 1. The Morgan fingerprint density at radius 2 is 2.16 bits per heavy atom. The van der Waals surface area contributed by atoms with Crippen LogP contribution in [0.2, 0.25) is 0 Å². The maximum Gasteiger partial charge on any atom is 0.306 e. The van der Waals surface area contributed by atoms with Crippen molar-refractivity contribution in [1.29, 1.82) is 0 Å². The molecule has 0 radical (unpaired) electrons. The average Bonchev–Trinajstić information content (AvgIpc) is 2.43. The lowest BCUT2D eigenvalue weighted by atomic mass is 10.0. The number of fused-ring (bicyclic) bond motifs is 1. The number of carbonyl (C=O) groups excluding carboxylic acids is 2. The Kier molecular flexibility index (Phi) is 4.04. The van der Waals surface area contributed by atoms with Crippen molar-refractivity contribution in [3.05, 3.63) is 23.8 Å². The lowest BCUT2D eigenvalue weighted by Gasteiger charge is -2.29. The second-order valence-corrected chi connectivity index (χ2v) is 4.54. The molecule has 1 N–H and O–H groups in total. The van der Waals surface area contributed by atoms with Crippen LogP contribution in [0.1, 0.15) is 24.8 Å². The Bertz CT molecular complexity index is 498. The van der Waals surface area contributed by atoms with Gasteiger partial charge in [-0.2, -0.15) is 0 Å². The fourth-order valence-corrected chi connectivity index (χ4v) is 2.29. The van der Waals surface area contributed by atoms with E-state index >= 15 is 0 Å². The minimum atomic E-state index is -0.378. The van der Waals surface area contributed by atoms with E-state index in [4.69, 9.17) is 0 Å². The van der Waals surface area contributed by atoms with Crippen molar-refractivity contribution in [2.75, 3.05) is 18.6 Å². The SMILES string of the molecule is COC(=O)CCC(=O)N1CCCc2cc(O)ccc21. The first-order valence-corrected chi connectivity index (χ1v) is 6.31. The van der Waals surface area contributed by atoms with Crippen LogP contribution in [0.4, 0.5) is 5.69 Å². The molecule has 1 heterocycles. The molecule has 102 valence electrons. The third-order valence-electron chi connectivity index (χ3n) is 3.25. The van der Waals surface area contributed by atoms with Gasteiger partial charge >= 0.3 is 5.97 Å². The zero-order valence-electron chi connectivity index (χ0n) is 10.9. The van der Waals surface area contributed by atoms with Gasteiger partial charge in [0, 0.05) is 18.7 Å². The zero-order valence-corrected chi connectivity index (χ0v) is 10.9. The Labute approximate surface area is 111 Å². The smallest absolute Gasteiger partial charge is 0.306 e. The molecule has 0 aromatic heterocycles. The van der Waals surface area contributed by atoms with Crippen molar-refractivity contribution in [1.82, 2.24) is 0 Å². The van der Waals surface area contributed by atoms with E-state index in [2.05, 4.69) is 4.74 Å². The number of hydrogen-bond acceptors (Lipinski definition) is 4. The third-order valence-corrected chi connectivity index (χ3v) is 3.25. The Morgan fingerprint density at radius 1 is 1.37 bits per heavy atom. The minimum absolute atomic E-state index is 0.0861. The minimum Gasteiger partial charge on any atom is -0.508 e. The molecule has 1 aromatic rings. The molecular formula is C14H17NO4. The number of rotatable bonds is 3. The van der Waals surface area contributed by atoms with Gasteiger partial charge in [-0.3, -0.25) is 9.59 Å². The van der Waals surface area contributed by atoms with Crippen molar-refractivity contribution in [3.8, 4) is 5.75 Å². The second-order valence-electron chi connectivity index (χ2n) is 4.54. The lowest BCUT2D eigenvalue weighted by Crippen LogP contribution is -2.35. The predicted molar refractivity (Wildman–Crippen MR) is 70.0 cm³/mol. The van der Waals surface area contributed by atoms with Gasteiger partial charge in [-0.15, -0.1) is 0 Å². The highest BCUT2D eigenvalue weighted by molar-refractivity contribution is 5.96. The molecule has 0 saturated carbocycles. The molecule has 1 aromatic carbocycles. The van der Waals surface area contributed by atoms with Crippen LogP contribution >= 0.6 is 0 Å². The highest BCUT2D eigenvalue weighted by atomic mass is 16.5. The van der Waals surface area contributed by atoms with Crippen molar-refractivity contribution in [3.63, 3.8) is 0 Å². The number of phenolic OH excluding ortho intramolecular Hbond substituents is 1. The maximum atomic E-state index is 12.1. The Hall–Kier alpha value is -2.04. The van der Waals surface area contributed by atoms with Crippen LogP contribution in [-0.4, -0.2) is 30.6 Å². The van der Waals surface area contributed by atoms with E-state index in [9.17, 15) is 14.7 Å². The molecule has 2 rings (SSSR count). The van der Waals surface area contributed by atoms with Crippen molar-refractivity contribution < 1.29 is 19.4 Å². The summed E-state index contributed by atoms with van der Waals surface area (Å²) >= 11 is 0. The topological polar surface area (TPSA) is 66.8 Å². The lowest BCUT2D eigenvalue weighted by molar-refractivity contribution is -0.141. The molecule has 19 heavy (non-hydrogen) atoms. The molecule has 0 saturated heterocycles. The molecule has 5 nitrogen and oxygen atoms in total. The molecule has 1 aliphatic heterocycles. The van der Waals surface area contributed by atoms with Gasteiger partial charge in [-0.1, -0.05) is 0 Å². The fourth-order valence-electron chi connectivity index (χ4n) is 2.29. The monoisotopic (exact) mass is 263 g/mol. The van der Waals surface area contributed by atoms with E-state index in [0.29, 0.717) is 6.54 Å². The van der Waals surface area contributed by atoms with Crippen LogP contribution in [0.25, 0.3) is 0 Å². The van der Waals surface area contributed by atoms with Crippen LogP contribution in [-0.2, 0) is 20.7 Å². The van der Waals surface area contributed by atoms with E-state index in [-0.39, 0.29) is 30.5 Å². The molecule has 1 amide bonds.